The highest BCUT2D eigenvalue weighted by Gasteiger charge is 2.09. The molecule has 4 nitrogen and oxygen atoms in total. The van der Waals surface area contributed by atoms with Gasteiger partial charge in [0.2, 0.25) is 5.91 Å². The number of hydrogen-bond acceptors (Lipinski definition) is 3. The van der Waals surface area contributed by atoms with Crippen LogP contribution in [0.2, 0.25) is 5.02 Å². The molecule has 0 unspecified atom stereocenters. The molecule has 0 saturated carbocycles. The third-order valence-electron chi connectivity index (χ3n) is 3.83. The van der Waals surface area contributed by atoms with Crippen molar-refractivity contribution in [3.8, 4) is 0 Å². The number of amides is 2. The van der Waals surface area contributed by atoms with Gasteiger partial charge in [-0.25, -0.2) is 0 Å². The summed E-state index contributed by atoms with van der Waals surface area (Å²) in [5.41, 5.74) is 1.20. The molecule has 0 radical (unpaired) electrons. The Kier molecular flexibility index (Phi) is 5.81. The summed E-state index contributed by atoms with van der Waals surface area (Å²) in [5.74, 6) is -0.0142. The van der Waals surface area contributed by atoms with Gasteiger partial charge in [-0.3, -0.25) is 9.59 Å². The van der Waals surface area contributed by atoms with Crippen LogP contribution in [-0.4, -0.2) is 24.6 Å². The topological polar surface area (TPSA) is 58.2 Å². The van der Waals surface area contributed by atoms with Crippen molar-refractivity contribution in [3.05, 3.63) is 71.2 Å². The monoisotopic (exact) mass is 384 g/mol. The molecule has 0 bridgehead atoms. The van der Waals surface area contributed by atoms with E-state index in [1.165, 1.54) is 11.8 Å². The predicted octanol–water partition coefficient (Wildman–Crippen LogP) is 4.58. The van der Waals surface area contributed by atoms with Gasteiger partial charge < -0.3 is 10.6 Å². The number of anilines is 1. The number of rotatable bonds is 5. The van der Waals surface area contributed by atoms with Crippen molar-refractivity contribution in [2.45, 2.75) is 4.90 Å². The normalized spacial score (nSPS) is 10.5. The maximum Gasteiger partial charge on any atom is 0.251 e. The summed E-state index contributed by atoms with van der Waals surface area (Å²) in [6, 6.07) is 18.4. The fraction of sp³-hybridized carbons (Fsp3) is 0.100. The van der Waals surface area contributed by atoms with Crippen LogP contribution in [0.15, 0.2) is 65.6 Å². The minimum atomic E-state index is -0.161. The first kappa shape index (κ1) is 18.3. The zero-order valence-electron chi connectivity index (χ0n) is 14.1. The lowest BCUT2D eigenvalue weighted by Gasteiger charge is -2.09. The van der Waals surface area contributed by atoms with E-state index in [2.05, 4.69) is 10.6 Å². The number of fused-ring (bicyclic) bond motifs is 1. The summed E-state index contributed by atoms with van der Waals surface area (Å²) in [7, 11) is 1.58. The summed E-state index contributed by atoms with van der Waals surface area (Å²) in [6.45, 7) is 0. The van der Waals surface area contributed by atoms with E-state index in [-0.39, 0.29) is 17.6 Å². The molecular weight excluding hydrogens is 368 g/mol. The average molecular weight is 385 g/mol. The van der Waals surface area contributed by atoms with Gasteiger partial charge in [0.25, 0.3) is 5.91 Å². The fourth-order valence-electron chi connectivity index (χ4n) is 2.57. The quantitative estimate of drug-likeness (QED) is 0.633. The second-order valence-corrected chi connectivity index (χ2v) is 7.01. The number of halogens is 1. The van der Waals surface area contributed by atoms with Gasteiger partial charge in [0.05, 0.1) is 5.75 Å². The standard InChI is InChI=1S/C20H17ClN2O2S/c1-22-20(25)14-8-10-15(11-9-14)23-18(24)12-26-17-7-3-5-13-4-2-6-16(21)19(13)17/h2-11H,12H2,1H3,(H,22,25)(H,23,24). The summed E-state index contributed by atoms with van der Waals surface area (Å²) >= 11 is 7.76. The van der Waals surface area contributed by atoms with Crippen molar-refractivity contribution >= 4 is 51.6 Å². The molecule has 0 saturated heterocycles. The molecule has 3 aromatic rings. The van der Waals surface area contributed by atoms with E-state index in [1.54, 1.807) is 31.3 Å². The van der Waals surface area contributed by atoms with Crippen molar-refractivity contribution in [1.29, 1.82) is 0 Å². The highest BCUT2D eigenvalue weighted by atomic mass is 35.5. The average Bonchev–Trinajstić information content (AvgIpc) is 2.66. The van der Waals surface area contributed by atoms with Crippen LogP contribution in [0, 0.1) is 0 Å². The highest BCUT2D eigenvalue weighted by molar-refractivity contribution is 8.00. The first-order chi connectivity index (χ1) is 12.6. The molecule has 3 rings (SSSR count). The summed E-state index contributed by atoms with van der Waals surface area (Å²) in [5, 5.41) is 8.08. The molecule has 0 aliphatic heterocycles. The second kappa shape index (κ2) is 8.25. The van der Waals surface area contributed by atoms with Gasteiger partial charge in [0.15, 0.2) is 0 Å². The number of thioether (sulfide) groups is 1. The Hall–Kier alpha value is -2.50. The van der Waals surface area contributed by atoms with Gasteiger partial charge in [-0.05, 0) is 41.8 Å². The molecule has 2 amide bonds. The molecule has 0 atom stereocenters. The Morgan fingerprint density at radius 2 is 1.69 bits per heavy atom. The molecule has 0 aliphatic rings. The molecule has 3 aromatic carbocycles. The SMILES string of the molecule is CNC(=O)c1ccc(NC(=O)CSc2cccc3cccc(Cl)c23)cc1. The molecule has 0 aliphatic carbocycles. The van der Waals surface area contributed by atoms with Crippen LogP contribution in [0.4, 0.5) is 5.69 Å². The van der Waals surface area contributed by atoms with Gasteiger partial charge >= 0.3 is 0 Å². The highest BCUT2D eigenvalue weighted by Crippen LogP contribution is 2.33. The van der Waals surface area contributed by atoms with Crippen LogP contribution in [0.5, 0.6) is 0 Å². The number of carbonyl (C=O) groups excluding carboxylic acids is 2. The van der Waals surface area contributed by atoms with Crippen LogP contribution in [0.25, 0.3) is 10.8 Å². The predicted molar refractivity (Wildman–Crippen MR) is 108 cm³/mol. The third-order valence-corrected chi connectivity index (χ3v) is 5.21. The van der Waals surface area contributed by atoms with Gasteiger partial charge in [0.1, 0.15) is 0 Å². The van der Waals surface area contributed by atoms with Gasteiger partial charge in [0, 0.05) is 33.6 Å². The summed E-state index contributed by atoms with van der Waals surface area (Å²) in [4.78, 5) is 24.7. The van der Waals surface area contributed by atoms with E-state index in [9.17, 15) is 9.59 Å². The smallest absolute Gasteiger partial charge is 0.251 e. The second-order valence-electron chi connectivity index (χ2n) is 5.59. The number of hydrogen-bond donors (Lipinski definition) is 2. The molecule has 0 fully saturated rings. The van der Waals surface area contributed by atoms with E-state index >= 15 is 0 Å². The first-order valence-corrected chi connectivity index (χ1v) is 9.37. The van der Waals surface area contributed by atoms with Crippen molar-refractivity contribution in [2.24, 2.45) is 0 Å². The fourth-order valence-corrected chi connectivity index (χ4v) is 3.82. The molecule has 0 aromatic heterocycles. The first-order valence-electron chi connectivity index (χ1n) is 8.00. The Morgan fingerprint density at radius 1 is 1.00 bits per heavy atom. The summed E-state index contributed by atoms with van der Waals surface area (Å²) in [6.07, 6.45) is 0. The minimum absolute atomic E-state index is 0.119. The van der Waals surface area contributed by atoms with Crippen molar-refractivity contribution in [1.82, 2.24) is 5.32 Å². The molecule has 2 N–H and O–H groups in total. The van der Waals surface area contributed by atoms with E-state index in [4.69, 9.17) is 11.6 Å². The Labute approximate surface area is 160 Å². The van der Waals surface area contributed by atoms with Crippen LogP contribution >= 0.6 is 23.4 Å². The summed E-state index contributed by atoms with van der Waals surface area (Å²) < 4.78 is 0. The zero-order chi connectivity index (χ0) is 18.5. The molecular formula is C20H17ClN2O2S. The van der Waals surface area contributed by atoms with Gasteiger partial charge in [-0.1, -0.05) is 35.9 Å². The maximum atomic E-state index is 12.2. The third kappa shape index (κ3) is 4.18. The lowest BCUT2D eigenvalue weighted by molar-refractivity contribution is -0.113. The van der Waals surface area contributed by atoms with E-state index in [1.807, 2.05) is 36.4 Å². The number of benzene rings is 3. The van der Waals surface area contributed by atoms with Crippen LogP contribution in [0.3, 0.4) is 0 Å². The van der Waals surface area contributed by atoms with E-state index in [0.717, 1.165) is 15.7 Å². The van der Waals surface area contributed by atoms with E-state index < -0.39 is 0 Å². The van der Waals surface area contributed by atoms with Crippen molar-refractivity contribution in [2.75, 3.05) is 18.1 Å². The van der Waals surface area contributed by atoms with Crippen LogP contribution in [0.1, 0.15) is 10.4 Å². The maximum absolute atomic E-state index is 12.2. The molecule has 26 heavy (non-hydrogen) atoms. The van der Waals surface area contributed by atoms with Crippen molar-refractivity contribution in [3.63, 3.8) is 0 Å². The number of carbonyl (C=O) groups is 2. The molecule has 6 heteroatoms. The van der Waals surface area contributed by atoms with Gasteiger partial charge in [-0.2, -0.15) is 0 Å². The minimum Gasteiger partial charge on any atom is -0.355 e. The lowest BCUT2D eigenvalue weighted by Crippen LogP contribution is -2.18. The Balaban J connectivity index is 1.65. The van der Waals surface area contributed by atoms with Crippen LogP contribution in [-0.2, 0) is 4.79 Å². The van der Waals surface area contributed by atoms with Crippen LogP contribution < -0.4 is 10.6 Å². The van der Waals surface area contributed by atoms with Gasteiger partial charge in [-0.15, -0.1) is 11.8 Å². The molecule has 132 valence electrons. The van der Waals surface area contributed by atoms with E-state index in [0.29, 0.717) is 16.3 Å². The Morgan fingerprint density at radius 3 is 2.38 bits per heavy atom. The number of nitrogens with one attached hydrogen (secondary N) is 2. The van der Waals surface area contributed by atoms with Crippen molar-refractivity contribution < 1.29 is 9.59 Å². The zero-order valence-corrected chi connectivity index (χ0v) is 15.7. The Bertz CT molecular complexity index is 952. The lowest BCUT2D eigenvalue weighted by atomic mass is 10.1. The molecule has 0 spiro atoms. The molecule has 0 heterocycles. The largest absolute Gasteiger partial charge is 0.355 e.